The van der Waals surface area contributed by atoms with Crippen LogP contribution in [0.2, 0.25) is 0 Å². The van der Waals surface area contributed by atoms with Crippen LogP contribution in [-0.2, 0) is 30.5 Å². The molecule has 2 aromatic rings. The van der Waals surface area contributed by atoms with Crippen LogP contribution in [0.4, 0.5) is 5.13 Å². The van der Waals surface area contributed by atoms with Gasteiger partial charge in [0.15, 0.2) is 0 Å². The standard InChI is InChI=1S/C20H28N4O2S/c1-2-26-18-13-16-5-3-4-15(16)12-17(18)14-21-20-23-22-19(27-20)6-7-24-8-10-25-11-9-24/h12-13H,2-11,14H2,1H3,(H,21,23). The second-order valence-electron chi connectivity index (χ2n) is 7.07. The monoisotopic (exact) mass is 388 g/mol. The summed E-state index contributed by atoms with van der Waals surface area (Å²) in [7, 11) is 0. The van der Waals surface area contributed by atoms with Gasteiger partial charge in [-0.05, 0) is 43.4 Å². The van der Waals surface area contributed by atoms with Gasteiger partial charge in [-0.3, -0.25) is 4.90 Å². The highest BCUT2D eigenvalue weighted by atomic mass is 32.1. The van der Waals surface area contributed by atoms with Gasteiger partial charge in [0.1, 0.15) is 10.8 Å². The highest BCUT2D eigenvalue weighted by Gasteiger charge is 2.16. The number of aromatic nitrogens is 2. The molecule has 1 aliphatic carbocycles. The molecule has 27 heavy (non-hydrogen) atoms. The molecular weight excluding hydrogens is 360 g/mol. The number of nitrogens with one attached hydrogen (secondary N) is 1. The molecule has 1 aromatic carbocycles. The van der Waals surface area contributed by atoms with Crippen LogP contribution < -0.4 is 10.1 Å². The number of anilines is 1. The van der Waals surface area contributed by atoms with Crippen LogP contribution in [0.3, 0.4) is 0 Å². The highest BCUT2D eigenvalue weighted by Crippen LogP contribution is 2.31. The van der Waals surface area contributed by atoms with Crippen LogP contribution in [0.15, 0.2) is 12.1 Å². The fourth-order valence-corrected chi connectivity index (χ4v) is 4.48. The van der Waals surface area contributed by atoms with Gasteiger partial charge in [0, 0.05) is 38.2 Å². The molecule has 0 spiro atoms. The fraction of sp³-hybridized carbons (Fsp3) is 0.600. The lowest BCUT2D eigenvalue weighted by molar-refractivity contribution is 0.0384. The van der Waals surface area contributed by atoms with Gasteiger partial charge < -0.3 is 14.8 Å². The predicted molar refractivity (Wildman–Crippen MR) is 108 cm³/mol. The summed E-state index contributed by atoms with van der Waals surface area (Å²) in [6.07, 6.45) is 4.55. The van der Waals surface area contributed by atoms with Crippen molar-refractivity contribution >= 4 is 16.5 Å². The normalized spacial score (nSPS) is 17.1. The van der Waals surface area contributed by atoms with E-state index in [9.17, 15) is 0 Å². The van der Waals surface area contributed by atoms with E-state index in [1.54, 1.807) is 11.3 Å². The molecule has 0 atom stereocenters. The van der Waals surface area contributed by atoms with Gasteiger partial charge in [0.25, 0.3) is 0 Å². The van der Waals surface area contributed by atoms with Crippen LogP contribution in [-0.4, -0.2) is 54.6 Å². The minimum absolute atomic E-state index is 0.691. The van der Waals surface area contributed by atoms with Crippen molar-refractivity contribution in [3.05, 3.63) is 33.8 Å². The molecule has 1 aromatic heterocycles. The third-order valence-corrected chi connectivity index (χ3v) is 6.16. The van der Waals surface area contributed by atoms with E-state index in [0.717, 1.165) is 61.7 Å². The molecule has 1 aliphatic heterocycles. The molecular formula is C20H28N4O2S. The Labute approximate surface area is 164 Å². The van der Waals surface area contributed by atoms with E-state index in [1.165, 1.54) is 36.0 Å². The summed E-state index contributed by atoms with van der Waals surface area (Å²) in [4.78, 5) is 2.43. The molecule has 1 fully saturated rings. The van der Waals surface area contributed by atoms with Gasteiger partial charge in [0.05, 0.1) is 19.8 Å². The molecule has 0 unspecified atom stereocenters. The maximum absolute atomic E-state index is 5.87. The average molecular weight is 389 g/mol. The molecule has 4 rings (SSSR count). The molecule has 0 radical (unpaired) electrons. The Morgan fingerprint density at radius 3 is 2.81 bits per heavy atom. The Morgan fingerprint density at radius 2 is 2.00 bits per heavy atom. The van der Waals surface area contributed by atoms with Crippen molar-refractivity contribution in [3.63, 3.8) is 0 Å². The number of aryl methyl sites for hydroxylation is 2. The Morgan fingerprint density at radius 1 is 1.19 bits per heavy atom. The number of hydrogen-bond acceptors (Lipinski definition) is 7. The first-order valence-corrected chi connectivity index (χ1v) is 10.8. The van der Waals surface area contributed by atoms with Crippen molar-refractivity contribution in [2.45, 2.75) is 39.2 Å². The summed E-state index contributed by atoms with van der Waals surface area (Å²) in [6, 6.07) is 4.54. The summed E-state index contributed by atoms with van der Waals surface area (Å²) in [5, 5.41) is 14.1. The van der Waals surface area contributed by atoms with E-state index in [4.69, 9.17) is 9.47 Å². The summed E-state index contributed by atoms with van der Waals surface area (Å²) < 4.78 is 11.3. The molecule has 6 nitrogen and oxygen atoms in total. The molecule has 1 saturated heterocycles. The average Bonchev–Trinajstić information content (AvgIpc) is 3.34. The third kappa shape index (κ3) is 4.78. The van der Waals surface area contributed by atoms with Gasteiger partial charge in [-0.1, -0.05) is 17.4 Å². The number of fused-ring (bicyclic) bond motifs is 1. The topological polar surface area (TPSA) is 59.5 Å². The molecule has 0 bridgehead atoms. The predicted octanol–water partition coefficient (Wildman–Crippen LogP) is 2.91. The highest BCUT2D eigenvalue weighted by molar-refractivity contribution is 7.15. The van der Waals surface area contributed by atoms with Crippen LogP contribution in [0.25, 0.3) is 0 Å². The van der Waals surface area contributed by atoms with Crippen molar-refractivity contribution in [2.24, 2.45) is 0 Å². The number of rotatable bonds is 8. The lowest BCUT2D eigenvalue weighted by Crippen LogP contribution is -2.37. The van der Waals surface area contributed by atoms with E-state index in [1.807, 2.05) is 6.92 Å². The quantitative estimate of drug-likeness (QED) is 0.750. The van der Waals surface area contributed by atoms with E-state index < -0.39 is 0 Å². The Hall–Kier alpha value is -1.70. The zero-order valence-electron chi connectivity index (χ0n) is 16.0. The van der Waals surface area contributed by atoms with E-state index in [0.29, 0.717) is 6.61 Å². The second-order valence-corrected chi connectivity index (χ2v) is 8.14. The maximum atomic E-state index is 5.87. The number of benzene rings is 1. The summed E-state index contributed by atoms with van der Waals surface area (Å²) in [5.41, 5.74) is 4.13. The van der Waals surface area contributed by atoms with E-state index in [-0.39, 0.29) is 0 Å². The summed E-state index contributed by atoms with van der Waals surface area (Å²) in [6.45, 7) is 8.19. The van der Waals surface area contributed by atoms with Crippen molar-refractivity contribution in [1.82, 2.24) is 15.1 Å². The molecule has 2 heterocycles. The number of nitrogens with zero attached hydrogens (tertiary/aromatic N) is 3. The summed E-state index contributed by atoms with van der Waals surface area (Å²) >= 11 is 1.65. The fourth-order valence-electron chi connectivity index (χ4n) is 3.76. The van der Waals surface area contributed by atoms with Gasteiger partial charge in [0.2, 0.25) is 5.13 Å². The first-order chi connectivity index (χ1) is 13.3. The molecule has 1 N–H and O–H groups in total. The Bertz CT molecular complexity index is 758. The van der Waals surface area contributed by atoms with Crippen LogP contribution >= 0.6 is 11.3 Å². The van der Waals surface area contributed by atoms with E-state index in [2.05, 4.69) is 32.5 Å². The van der Waals surface area contributed by atoms with E-state index >= 15 is 0 Å². The zero-order valence-corrected chi connectivity index (χ0v) is 16.8. The SMILES string of the molecule is CCOc1cc2c(cc1CNc1nnc(CCN3CCOCC3)s1)CCC2. The molecule has 146 valence electrons. The minimum atomic E-state index is 0.691. The largest absolute Gasteiger partial charge is 0.494 e. The smallest absolute Gasteiger partial charge is 0.205 e. The van der Waals surface area contributed by atoms with Gasteiger partial charge in [-0.2, -0.15) is 0 Å². The molecule has 7 heteroatoms. The molecule has 0 saturated carbocycles. The number of ether oxygens (including phenoxy) is 2. The van der Waals surface area contributed by atoms with Crippen molar-refractivity contribution in [1.29, 1.82) is 0 Å². The Balaban J connectivity index is 1.34. The van der Waals surface area contributed by atoms with Gasteiger partial charge in [-0.15, -0.1) is 10.2 Å². The lowest BCUT2D eigenvalue weighted by Gasteiger charge is -2.25. The van der Waals surface area contributed by atoms with Crippen LogP contribution in [0.1, 0.15) is 35.0 Å². The van der Waals surface area contributed by atoms with Gasteiger partial charge >= 0.3 is 0 Å². The first-order valence-electron chi connectivity index (χ1n) is 9.95. The Kier molecular flexibility index (Phi) is 6.21. The van der Waals surface area contributed by atoms with Crippen molar-refractivity contribution < 1.29 is 9.47 Å². The van der Waals surface area contributed by atoms with Crippen LogP contribution in [0, 0.1) is 0 Å². The molecule has 0 amide bonds. The minimum Gasteiger partial charge on any atom is -0.494 e. The van der Waals surface area contributed by atoms with Crippen molar-refractivity contribution in [3.8, 4) is 5.75 Å². The lowest BCUT2D eigenvalue weighted by atomic mass is 10.1. The maximum Gasteiger partial charge on any atom is 0.205 e. The molecule has 2 aliphatic rings. The van der Waals surface area contributed by atoms with Crippen molar-refractivity contribution in [2.75, 3.05) is 44.8 Å². The van der Waals surface area contributed by atoms with Crippen LogP contribution in [0.5, 0.6) is 5.75 Å². The first kappa shape index (κ1) is 18.7. The summed E-state index contributed by atoms with van der Waals surface area (Å²) in [5.74, 6) is 1.00. The van der Waals surface area contributed by atoms with Gasteiger partial charge in [-0.25, -0.2) is 0 Å². The number of morpholine rings is 1. The second kappa shape index (κ2) is 8.99. The number of hydrogen-bond donors (Lipinski definition) is 1. The zero-order chi connectivity index (χ0) is 18.5. The third-order valence-electron chi connectivity index (χ3n) is 5.22.